The fourth-order valence-electron chi connectivity index (χ4n) is 1.50. The van der Waals surface area contributed by atoms with Crippen LogP contribution in [0.25, 0.3) is 10.9 Å². The van der Waals surface area contributed by atoms with Gasteiger partial charge in [0.1, 0.15) is 0 Å². The molecule has 0 aliphatic heterocycles. The monoisotopic (exact) mass is 214 g/mol. The molecule has 5 heteroatoms. The molecular weight excluding hydrogens is 205 g/mol. The summed E-state index contributed by atoms with van der Waals surface area (Å²) in [6, 6.07) is 6.45. The summed E-state index contributed by atoms with van der Waals surface area (Å²) in [6.07, 6.45) is -1.61. The molecule has 0 spiro atoms. The van der Waals surface area contributed by atoms with Gasteiger partial charge in [-0.15, -0.1) is 0 Å². The Balaban J connectivity index is 2.62. The van der Waals surface area contributed by atoms with Crippen LogP contribution < -0.4 is 5.73 Å². The van der Waals surface area contributed by atoms with Crippen molar-refractivity contribution >= 4 is 10.9 Å². The van der Waals surface area contributed by atoms with Crippen LogP contribution >= 0.6 is 0 Å². The maximum absolute atomic E-state index is 13.3. The van der Waals surface area contributed by atoms with Crippen molar-refractivity contribution in [3.8, 4) is 0 Å². The van der Waals surface area contributed by atoms with E-state index < -0.39 is 17.8 Å². The molecular formula is C10H9F3N2. The number of H-pyrrole nitrogens is 1. The first-order valence-corrected chi connectivity index (χ1v) is 4.37. The molecule has 0 aliphatic carbocycles. The van der Waals surface area contributed by atoms with E-state index in [4.69, 9.17) is 0 Å². The van der Waals surface area contributed by atoms with Crippen molar-refractivity contribution in [2.45, 2.75) is 12.2 Å². The first kappa shape index (κ1) is 10.0. The summed E-state index contributed by atoms with van der Waals surface area (Å²) in [5.41, 5.74) is 4.75. The van der Waals surface area contributed by atoms with E-state index >= 15 is 0 Å². The summed E-state index contributed by atoms with van der Waals surface area (Å²) < 4.78 is 39.2. The lowest BCUT2D eigenvalue weighted by Gasteiger charge is -2.16. The fraction of sp³-hybridized carbons (Fsp3) is 0.200. The van der Waals surface area contributed by atoms with Crippen molar-refractivity contribution in [3.63, 3.8) is 0 Å². The van der Waals surface area contributed by atoms with Gasteiger partial charge in [-0.1, -0.05) is 18.2 Å². The SMILES string of the molecule is NC(F)C(F)(F)c1c[nH]c2ccccc12. The van der Waals surface area contributed by atoms with E-state index in [2.05, 4.69) is 10.7 Å². The molecule has 15 heavy (non-hydrogen) atoms. The molecule has 0 bridgehead atoms. The number of nitrogens with two attached hydrogens (primary N) is 1. The average molecular weight is 214 g/mol. The number of para-hydroxylation sites is 1. The van der Waals surface area contributed by atoms with Gasteiger partial charge in [-0.3, -0.25) is 5.73 Å². The summed E-state index contributed by atoms with van der Waals surface area (Å²) in [4.78, 5) is 2.65. The molecule has 2 aromatic rings. The third-order valence-electron chi connectivity index (χ3n) is 2.29. The molecule has 1 aromatic carbocycles. The van der Waals surface area contributed by atoms with Gasteiger partial charge in [0.2, 0.25) is 6.30 Å². The van der Waals surface area contributed by atoms with Gasteiger partial charge in [0.25, 0.3) is 0 Å². The lowest BCUT2D eigenvalue weighted by atomic mass is 10.1. The summed E-state index contributed by atoms with van der Waals surface area (Å²) in [5, 5.41) is 0.288. The van der Waals surface area contributed by atoms with Crippen molar-refractivity contribution in [2.75, 3.05) is 0 Å². The minimum absolute atomic E-state index is 0.288. The van der Waals surface area contributed by atoms with Crippen LogP contribution in [0.2, 0.25) is 0 Å². The summed E-state index contributed by atoms with van der Waals surface area (Å²) in [6.45, 7) is 0. The van der Waals surface area contributed by atoms with E-state index in [9.17, 15) is 13.2 Å². The molecule has 0 amide bonds. The van der Waals surface area contributed by atoms with Crippen molar-refractivity contribution in [3.05, 3.63) is 36.0 Å². The molecule has 1 heterocycles. The Kier molecular flexibility index (Phi) is 2.19. The Hall–Kier alpha value is -1.49. The largest absolute Gasteiger partial charge is 0.361 e. The molecule has 0 aliphatic rings. The number of rotatable bonds is 2. The minimum atomic E-state index is -3.67. The maximum atomic E-state index is 13.3. The summed E-state index contributed by atoms with van der Waals surface area (Å²) in [7, 11) is 0. The molecule has 0 fully saturated rings. The molecule has 1 atom stereocenters. The predicted molar refractivity (Wildman–Crippen MR) is 51.3 cm³/mol. The lowest BCUT2D eigenvalue weighted by molar-refractivity contribution is -0.0749. The molecule has 2 rings (SSSR count). The molecule has 80 valence electrons. The van der Waals surface area contributed by atoms with E-state index in [0.717, 1.165) is 6.20 Å². The van der Waals surface area contributed by atoms with Crippen molar-refractivity contribution in [2.24, 2.45) is 5.73 Å². The third kappa shape index (κ3) is 1.48. The van der Waals surface area contributed by atoms with Crippen LogP contribution in [-0.2, 0) is 5.92 Å². The molecule has 0 saturated heterocycles. The van der Waals surface area contributed by atoms with Gasteiger partial charge in [-0.2, -0.15) is 8.78 Å². The Morgan fingerprint density at radius 3 is 2.60 bits per heavy atom. The highest BCUT2D eigenvalue weighted by Gasteiger charge is 2.41. The van der Waals surface area contributed by atoms with Gasteiger partial charge < -0.3 is 4.98 Å². The number of alkyl halides is 3. The molecule has 1 aromatic heterocycles. The highest BCUT2D eigenvalue weighted by molar-refractivity contribution is 5.83. The predicted octanol–water partition coefficient (Wildman–Crippen LogP) is 2.51. The normalized spacial score (nSPS) is 14.4. The van der Waals surface area contributed by atoms with Crippen LogP contribution in [-0.4, -0.2) is 11.3 Å². The maximum Gasteiger partial charge on any atom is 0.318 e. The van der Waals surface area contributed by atoms with E-state index in [1.165, 1.54) is 6.07 Å². The van der Waals surface area contributed by atoms with Gasteiger partial charge >= 0.3 is 5.92 Å². The van der Waals surface area contributed by atoms with E-state index in [0.29, 0.717) is 5.52 Å². The van der Waals surface area contributed by atoms with Crippen molar-refractivity contribution in [1.82, 2.24) is 4.98 Å². The van der Waals surface area contributed by atoms with E-state index in [1.807, 2.05) is 0 Å². The number of benzene rings is 1. The molecule has 0 saturated carbocycles. The standard InChI is InChI=1S/C10H9F3N2/c11-9(14)10(12,13)7-5-15-8-4-2-1-3-6(7)8/h1-5,9,15H,14H2. The second-order valence-corrected chi connectivity index (χ2v) is 3.27. The number of fused-ring (bicyclic) bond motifs is 1. The minimum Gasteiger partial charge on any atom is -0.361 e. The van der Waals surface area contributed by atoms with Crippen LogP contribution in [0.5, 0.6) is 0 Å². The van der Waals surface area contributed by atoms with E-state index in [1.54, 1.807) is 18.2 Å². The average Bonchev–Trinajstić information content (AvgIpc) is 2.61. The quantitative estimate of drug-likeness (QED) is 0.741. The van der Waals surface area contributed by atoms with Crippen LogP contribution in [0.4, 0.5) is 13.2 Å². The first-order valence-electron chi connectivity index (χ1n) is 4.37. The Labute approximate surface area is 83.9 Å². The number of hydrogen-bond acceptors (Lipinski definition) is 1. The van der Waals surface area contributed by atoms with Crippen LogP contribution in [0.1, 0.15) is 5.56 Å². The smallest absolute Gasteiger partial charge is 0.318 e. The number of halogens is 3. The first-order chi connectivity index (χ1) is 7.03. The number of nitrogens with one attached hydrogen (secondary N) is 1. The number of aromatic amines is 1. The highest BCUT2D eigenvalue weighted by atomic mass is 19.3. The lowest BCUT2D eigenvalue weighted by Crippen LogP contribution is -2.34. The van der Waals surface area contributed by atoms with Crippen LogP contribution in [0.15, 0.2) is 30.5 Å². The Morgan fingerprint density at radius 1 is 1.27 bits per heavy atom. The Morgan fingerprint density at radius 2 is 1.93 bits per heavy atom. The fourth-order valence-corrected chi connectivity index (χ4v) is 1.50. The molecule has 3 N–H and O–H groups in total. The summed E-state index contributed by atoms with van der Waals surface area (Å²) >= 11 is 0. The zero-order valence-corrected chi connectivity index (χ0v) is 7.68. The molecule has 0 radical (unpaired) electrons. The second kappa shape index (κ2) is 3.27. The van der Waals surface area contributed by atoms with Gasteiger partial charge in [0.15, 0.2) is 0 Å². The number of aromatic nitrogens is 1. The van der Waals surface area contributed by atoms with Gasteiger partial charge in [0, 0.05) is 17.1 Å². The zero-order valence-electron chi connectivity index (χ0n) is 7.68. The third-order valence-corrected chi connectivity index (χ3v) is 2.29. The zero-order chi connectivity index (χ0) is 11.1. The molecule has 1 unspecified atom stereocenters. The van der Waals surface area contributed by atoms with Gasteiger partial charge in [-0.25, -0.2) is 4.39 Å². The van der Waals surface area contributed by atoms with E-state index in [-0.39, 0.29) is 5.39 Å². The second-order valence-electron chi connectivity index (χ2n) is 3.27. The van der Waals surface area contributed by atoms with Crippen LogP contribution in [0, 0.1) is 0 Å². The van der Waals surface area contributed by atoms with Crippen LogP contribution in [0.3, 0.4) is 0 Å². The van der Waals surface area contributed by atoms with Gasteiger partial charge in [0.05, 0.1) is 5.56 Å². The number of hydrogen-bond donors (Lipinski definition) is 2. The van der Waals surface area contributed by atoms with Gasteiger partial charge in [-0.05, 0) is 6.07 Å². The Bertz CT molecular complexity index is 476. The van der Waals surface area contributed by atoms with Crippen molar-refractivity contribution in [1.29, 1.82) is 0 Å². The van der Waals surface area contributed by atoms with Crippen molar-refractivity contribution < 1.29 is 13.2 Å². The topological polar surface area (TPSA) is 41.8 Å². The molecule has 2 nitrogen and oxygen atoms in total. The summed E-state index contributed by atoms with van der Waals surface area (Å²) in [5.74, 6) is -3.67. The highest BCUT2D eigenvalue weighted by Crippen LogP contribution is 2.36.